The zero-order valence-corrected chi connectivity index (χ0v) is 12.4. The summed E-state index contributed by atoms with van der Waals surface area (Å²) in [6.07, 6.45) is 7.83. The Morgan fingerprint density at radius 1 is 1.16 bits per heavy atom. The highest BCUT2D eigenvalue weighted by molar-refractivity contribution is 5.52. The Labute approximate surface area is 117 Å². The summed E-state index contributed by atoms with van der Waals surface area (Å²) in [5.74, 6) is 0.857. The summed E-state index contributed by atoms with van der Waals surface area (Å²) in [5, 5.41) is 3.75. The normalized spacial score (nSPS) is 23.9. The summed E-state index contributed by atoms with van der Waals surface area (Å²) < 4.78 is 0. The molecule has 0 aliphatic heterocycles. The second kappa shape index (κ2) is 6.95. The molecule has 1 aliphatic carbocycles. The molecule has 0 bridgehead atoms. The van der Waals surface area contributed by atoms with Crippen molar-refractivity contribution >= 4 is 5.69 Å². The first-order chi connectivity index (χ1) is 9.19. The van der Waals surface area contributed by atoms with Crippen molar-refractivity contribution in [1.82, 2.24) is 0 Å². The van der Waals surface area contributed by atoms with Crippen molar-refractivity contribution in [1.29, 1.82) is 0 Å². The van der Waals surface area contributed by atoms with Crippen LogP contribution in [-0.2, 0) is 0 Å². The molecular formula is C17H28N2. The molecule has 2 atom stereocenters. The van der Waals surface area contributed by atoms with Crippen LogP contribution < -0.4 is 11.1 Å². The van der Waals surface area contributed by atoms with E-state index in [-0.39, 0.29) is 0 Å². The molecule has 2 nitrogen and oxygen atoms in total. The van der Waals surface area contributed by atoms with E-state index in [2.05, 4.69) is 37.4 Å². The molecule has 3 N–H and O–H groups in total. The van der Waals surface area contributed by atoms with Crippen molar-refractivity contribution in [2.24, 2.45) is 11.7 Å². The summed E-state index contributed by atoms with van der Waals surface area (Å²) in [6.45, 7) is 5.20. The van der Waals surface area contributed by atoms with E-state index in [0.29, 0.717) is 6.04 Å². The third kappa shape index (κ3) is 4.24. The van der Waals surface area contributed by atoms with Gasteiger partial charge in [0.05, 0.1) is 0 Å². The molecule has 0 saturated heterocycles. The number of benzene rings is 1. The molecule has 19 heavy (non-hydrogen) atoms. The van der Waals surface area contributed by atoms with Gasteiger partial charge in [-0.2, -0.15) is 0 Å². The summed E-state index contributed by atoms with van der Waals surface area (Å²) in [6, 6.07) is 7.33. The van der Waals surface area contributed by atoms with Crippen LogP contribution in [0.25, 0.3) is 0 Å². The van der Waals surface area contributed by atoms with Gasteiger partial charge in [0.15, 0.2) is 0 Å². The van der Waals surface area contributed by atoms with Gasteiger partial charge < -0.3 is 11.1 Å². The van der Waals surface area contributed by atoms with Gasteiger partial charge >= 0.3 is 0 Å². The monoisotopic (exact) mass is 260 g/mol. The minimum atomic E-state index is 0.643. The number of rotatable bonds is 4. The fourth-order valence-electron chi connectivity index (χ4n) is 3.24. The van der Waals surface area contributed by atoms with Crippen LogP contribution in [0.1, 0.15) is 49.7 Å². The van der Waals surface area contributed by atoms with Crippen LogP contribution in [0, 0.1) is 19.8 Å². The summed E-state index contributed by atoms with van der Waals surface area (Å²) >= 11 is 0. The van der Waals surface area contributed by atoms with Gasteiger partial charge in [-0.25, -0.2) is 0 Å². The Balaban J connectivity index is 1.92. The molecule has 0 heterocycles. The maximum absolute atomic E-state index is 5.69. The maximum atomic E-state index is 5.69. The highest BCUT2D eigenvalue weighted by Crippen LogP contribution is 2.28. The van der Waals surface area contributed by atoms with Crippen molar-refractivity contribution in [2.75, 3.05) is 11.9 Å². The first-order valence-corrected chi connectivity index (χ1v) is 7.73. The van der Waals surface area contributed by atoms with Crippen LogP contribution >= 0.6 is 0 Å². The van der Waals surface area contributed by atoms with Gasteiger partial charge in [-0.1, -0.05) is 30.5 Å². The topological polar surface area (TPSA) is 38.0 Å². The van der Waals surface area contributed by atoms with Gasteiger partial charge in [-0.05, 0) is 63.6 Å². The van der Waals surface area contributed by atoms with Gasteiger partial charge in [-0.15, -0.1) is 0 Å². The van der Waals surface area contributed by atoms with E-state index in [1.54, 1.807) is 0 Å². The number of hydrogen-bond acceptors (Lipinski definition) is 2. The van der Waals surface area contributed by atoms with E-state index >= 15 is 0 Å². The minimum absolute atomic E-state index is 0.643. The lowest BCUT2D eigenvalue weighted by Gasteiger charge is -2.20. The lowest BCUT2D eigenvalue weighted by molar-refractivity contribution is 0.432. The molecule has 106 valence electrons. The third-order valence-corrected chi connectivity index (χ3v) is 4.40. The van der Waals surface area contributed by atoms with E-state index in [0.717, 1.165) is 12.5 Å². The Bertz CT molecular complexity index is 400. The van der Waals surface area contributed by atoms with Gasteiger partial charge in [-0.3, -0.25) is 0 Å². The molecule has 1 aromatic carbocycles. The lowest BCUT2D eigenvalue weighted by atomic mass is 9.97. The Morgan fingerprint density at radius 3 is 2.74 bits per heavy atom. The molecule has 0 amide bonds. The van der Waals surface area contributed by atoms with Gasteiger partial charge in [0.25, 0.3) is 0 Å². The highest BCUT2D eigenvalue weighted by atomic mass is 14.9. The molecule has 0 spiro atoms. The number of aryl methyl sites for hydroxylation is 2. The van der Waals surface area contributed by atoms with E-state index in [4.69, 9.17) is 5.73 Å². The van der Waals surface area contributed by atoms with Crippen molar-refractivity contribution in [2.45, 2.75) is 58.4 Å². The standard InChI is InChI=1S/C17H28N2/c1-13-6-9-17(14(2)12-13)19-16-5-3-4-15(7-8-16)10-11-18/h6,9,12,15-16,19H,3-5,7-8,10-11,18H2,1-2H3. The van der Waals surface area contributed by atoms with Gasteiger partial charge in [0, 0.05) is 11.7 Å². The molecule has 2 heteroatoms. The molecule has 2 rings (SSSR count). The molecule has 1 saturated carbocycles. The average Bonchev–Trinajstić information content (AvgIpc) is 2.59. The van der Waals surface area contributed by atoms with Crippen molar-refractivity contribution in [3.05, 3.63) is 29.3 Å². The first kappa shape index (κ1) is 14.4. The van der Waals surface area contributed by atoms with Gasteiger partial charge in [0.2, 0.25) is 0 Å². The molecular weight excluding hydrogens is 232 g/mol. The molecule has 2 unspecified atom stereocenters. The van der Waals surface area contributed by atoms with Crippen molar-refractivity contribution in [3.8, 4) is 0 Å². The minimum Gasteiger partial charge on any atom is -0.382 e. The van der Waals surface area contributed by atoms with E-state index < -0.39 is 0 Å². The SMILES string of the molecule is Cc1ccc(NC2CCCC(CCN)CC2)c(C)c1. The summed E-state index contributed by atoms with van der Waals surface area (Å²) in [7, 11) is 0. The van der Waals surface area contributed by atoms with Crippen LogP contribution in [0.4, 0.5) is 5.69 Å². The number of nitrogens with one attached hydrogen (secondary N) is 1. The quantitative estimate of drug-likeness (QED) is 0.803. The highest BCUT2D eigenvalue weighted by Gasteiger charge is 2.18. The van der Waals surface area contributed by atoms with Gasteiger partial charge in [0.1, 0.15) is 0 Å². The number of anilines is 1. The third-order valence-electron chi connectivity index (χ3n) is 4.40. The molecule has 0 radical (unpaired) electrons. The maximum Gasteiger partial charge on any atom is 0.0372 e. The Hall–Kier alpha value is -1.02. The summed E-state index contributed by atoms with van der Waals surface area (Å²) in [4.78, 5) is 0. The predicted molar refractivity (Wildman–Crippen MR) is 83.6 cm³/mol. The van der Waals surface area contributed by atoms with Crippen LogP contribution in [0.3, 0.4) is 0 Å². The zero-order chi connectivity index (χ0) is 13.7. The first-order valence-electron chi connectivity index (χ1n) is 7.73. The van der Waals surface area contributed by atoms with E-state index in [1.165, 1.54) is 55.3 Å². The fraction of sp³-hybridized carbons (Fsp3) is 0.647. The fourth-order valence-corrected chi connectivity index (χ4v) is 3.24. The van der Waals surface area contributed by atoms with Crippen molar-refractivity contribution in [3.63, 3.8) is 0 Å². The number of hydrogen-bond donors (Lipinski definition) is 2. The average molecular weight is 260 g/mol. The zero-order valence-electron chi connectivity index (χ0n) is 12.4. The van der Waals surface area contributed by atoms with E-state index in [9.17, 15) is 0 Å². The van der Waals surface area contributed by atoms with Crippen LogP contribution in [0.2, 0.25) is 0 Å². The predicted octanol–water partition coefficient (Wildman–Crippen LogP) is 4.01. The second-order valence-electron chi connectivity index (χ2n) is 6.11. The van der Waals surface area contributed by atoms with E-state index in [1.807, 2.05) is 0 Å². The molecule has 0 aromatic heterocycles. The molecule has 1 aliphatic rings. The van der Waals surface area contributed by atoms with Crippen LogP contribution in [-0.4, -0.2) is 12.6 Å². The van der Waals surface area contributed by atoms with Crippen molar-refractivity contribution < 1.29 is 0 Å². The largest absolute Gasteiger partial charge is 0.382 e. The van der Waals surface area contributed by atoms with Crippen LogP contribution in [0.5, 0.6) is 0 Å². The lowest BCUT2D eigenvalue weighted by Crippen LogP contribution is -2.19. The van der Waals surface area contributed by atoms with Crippen LogP contribution in [0.15, 0.2) is 18.2 Å². The Morgan fingerprint density at radius 2 is 2.00 bits per heavy atom. The smallest absolute Gasteiger partial charge is 0.0372 e. The second-order valence-corrected chi connectivity index (χ2v) is 6.11. The molecule has 1 aromatic rings. The number of nitrogens with two attached hydrogens (primary N) is 1. The summed E-state index contributed by atoms with van der Waals surface area (Å²) in [5.41, 5.74) is 9.70. The molecule has 1 fully saturated rings. The Kier molecular flexibility index (Phi) is 5.26.